The van der Waals surface area contributed by atoms with Crippen molar-refractivity contribution in [1.82, 2.24) is 15.1 Å². The van der Waals surface area contributed by atoms with Crippen LogP contribution in [0.15, 0.2) is 48.7 Å². The summed E-state index contributed by atoms with van der Waals surface area (Å²) in [6.45, 7) is 6.26. The fourth-order valence-corrected chi connectivity index (χ4v) is 4.02. The maximum absolute atomic E-state index is 14.0. The number of aryl methyl sites for hydroxylation is 1. The molecular formula is C23H23F2N3O. The Hall–Kier alpha value is -3.02. The topological polar surface area (TPSA) is 46.9 Å². The Bertz CT molecular complexity index is 1050. The quantitative estimate of drug-likeness (QED) is 0.686. The number of hydrogen-bond acceptors (Lipinski definition) is 2. The van der Waals surface area contributed by atoms with E-state index in [1.807, 2.05) is 35.9 Å². The first kappa shape index (κ1) is 19.3. The van der Waals surface area contributed by atoms with Crippen LogP contribution in [0.2, 0.25) is 0 Å². The summed E-state index contributed by atoms with van der Waals surface area (Å²) in [7, 11) is 0. The molecule has 0 spiro atoms. The third-order valence-corrected chi connectivity index (χ3v) is 5.45. The number of rotatable bonds is 3. The summed E-state index contributed by atoms with van der Waals surface area (Å²) < 4.78 is 30.0. The maximum Gasteiger partial charge on any atom is 0.257 e. The Kier molecular flexibility index (Phi) is 4.73. The normalized spacial score (nSPS) is 17.6. The molecule has 0 saturated heterocycles. The molecule has 4 rings (SSSR count). The van der Waals surface area contributed by atoms with E-state index in [1.54, 1.807) is 6.20 Å². The Balaban J connectivity index is 1.70. The molecule has 1 N–H and O–H groups in total. The Morgan fingerprint density at radius 1 is 1.14 bits per heavy atom. The minimum Gasteiger partial charge on any atom is -0.345 e. The third kappa shape index (κ3) is 3.67. The zero-order valence-electron chi connectivity index (χ0n) is 16.7. The van der Waals surface area contributed by atoms with Gasteiger partial charge in [0.1, 0.15) is 17.2 Å². The van der Waals surface area contributed by atoms with E-state index < -0.39 is 23.1 Å². The minimum atomic E-state index is -0.867. The van der Waals surface area contributed by atoms with E-state index in [0.717, 1.165) is 41.1 Å². The molecule has 1 aromatic heterocycles. The predicted molar refractivity (Wildman–Crippen MR) is 107 cm³/mol. The lowest BCUT2D eigenvalue weighted by Gasteiger charge is -2.36. The van der Waals surface area contributed by atoms with E-state index in [4.69, 9.17) is 0 Å². The number of nitrogens with one attached hydrogen (secondary N) is 1. The molecule has 29 heavy (non-hydrogen) atoms. The zero-order valence-corrected chi connectivity index (χ0v) is 16.7. The molecule has 0 bridgehead atoms. The molecule has 1 aliphatic carbocycles. The number of benzene rings is 2. The van der Waals surface area contributed by atoms with Gasteiger partial charge in [0.2, 0.25) is 0 Å². The van der Waals surface area contributed by atoms with Crippen molar-refractivity contribution < 1.29 is 13.6 Å². The summed E-state index contributed by atoms with van der Waals surface area (Å²) in [6.07, 6.45) is 3.19. The lowest BCUT2D eigenvalue weighted by molar-refractivity contribution is 0.0910. The van der Waals surface area contributed by atoms with Crippen LogP contribution in [-0.4, -0.2) is 15.7 Å². The third-order valence-electron chi connectivity index (χ3n) is 5.45. The van der Waals surface area contributed by atoms with Crippen LogP contribution in [0, 0.1) is 24.0 Å². The minimum absolute atomic E-state index is 0.110. The first-order valence-corrected chi connectivity index (χ1v) is 9.64. The molecule has 1 amide bonds. The summed E-state index contributed by atoms with van der Waals surface area (Å²) >= 11 is 0. The van der Waals surface area contributed by atoms with Gasteiger partial charge in [0.15, 0.2) is 0 Å². The molecule has 150 valence electrons. The number of halogens is 2. The maximum atomic E-state index is 14.0. The van der Waals surface area contributed by atoms with Crippen LogP contribution in [0.1, 0.15) is 53.5 Å². The lowest BCUT2D eigenvalue weighted by atomic mass is 9.74. The van der Waals surface area contributed by atoms with Gasteiger partial charge in [-0.25, -0.2) is 13.5 Å². The van der Waals surface area contributed by atoms with Gasteiger partial charge in [0, 0.05) is 5.56 Å². The molecule has 1 heterocycles. The highest BCUT2D eigenvalue weighted by Crippen LogP contribution is 2.41. The summed E-state index contributed by atoms with van der Waals surface area (Å²) in [5.74, 6) is -2.49. The Morgan fingerprint density at radius 3 is 2.45 bits per heavy atom. The van der Waals surface area contributed by atoms with E-state index >= 15 is 0 Å². The summed E-state index contributed by atoms with van der Waals surface area (Å²) in [5.41, 5.74) is 3.33. The number of carbonyl (C=O) groups is 1. The van der Waals surface area contributed by atoms with Gasteiger partial charge in [-0.1, -0.05) is 37.6 Å². The van der Waals surface area contributed by atoms with Crippen molar-refractivity contribution in [2.45, 2.75) is 39.7 Å². The average molecular weight is 395 g/mol. The van der Waals surface area contributed by atoms with Gasteiger partial charge < -0.3 is 5.32 Å². The zero-order chi connectivity index (χ0) is 20.8. The highest BCUT2D eigenvalue weighted by atomic mass is 19.1. The van der Waals surface area contributed by atoms with Crippen molar-refractivity contribution in [3.63, 3.8) is 0 Å². The molecule has 4 nitrogen and oxygen atoms in total. The largest absolute Gasteiger partial charge is 0.345 e. The Labute approximate surface area is 168 Å². The molecule has 1 aliphatic rings. The second-order valence-corrected chi connectivity index (χ2v) is 8.46. The van der Waals surface area contributed by atoms with E-state index in [2.05, 4.69) is 24.3 Å². The van der Waals surface area contributed by atoms with Crippen molar-refractivity contribution in [2.75, 3.05) is 0 Å². The fraction of sp³-hybridized carbons (Fsp3) is 0.304. The molecule has 3 aromatic rings. The monoisotopic (exact) mass is 395 g/mol. The second-order valence-electron chi connectivity index (χ2n) is 8.46. The van der Waals surface area contributed by atoms with E-state index in [9.17, 15) is 13.6 Å². The number of aromatic nitrogens is 2. The van der Waals surface area contributed by atoms with Crippen LogP contribution in [0.4, 0.5) is 8.78 Å². The SMILES string of the molecule is Cc1ccc(-n2ncc3c2CC(C)(C)C[C@H]3NC(=O)c2c(F)cccc2F)cc1. The second kappa shape index (κ2) is 7.10. The van der Waals surface area contributed by atoms with Crippen molar-refractivity contribution in [1.29, 1.82) is 0 Å². The molecule has 0 radical (unpaired) electrons. The molecule has 2 aromatic carbocycles. The van der Waals surface area contributed by atoms with Crippen LogP contribution in [0.3, 0.4) is 0 Å². The van der Waals surface area contributed by atoms with Gasteiger partial charge in [0.05, 0.1) is 23.6 Å². The van der Waals surface area contributed by atoms with Gasteiger partial charge in [-0.15, -0.1) is 0 Å². The lowest BCUT2D eigenvalue weighted by Crippen LogP contribution is -2.37. The van der Waals surface area contributed by atoms with Crippen molar-refractivity contribution in [3.05, 3.63) is 82.7 Å². The van der Waals surface area contributed by atoms with Gasteiger partial charge in [-0.2, -0.15) is 5.10 Å². The highest BCUT2D eigenvalue weighted by molar-refractivity contribution is 5.95. The van der Waals surface area contributed by atoms with E-state index in [0.29, 0.717) is 6.42 Å². The van der Waals surface area contributed by atoms with Crippen molar-refractivity contribution in [3.8, 4) is 5.69 Å². The van der Waals surface area contributed by atoms with Crippen LogP contribution >= 0.6 is 0 Å². The van der Waals surface area contributed by atoms with Crippen molar-refractivity contribution in [2.24, 2.45) is 5.41 Å². The van der Waals surface area contributed by atoms with Crippen molar-refractivity contribution >= 4 is 5.91 Å². The Morgan fingerprint density at radius 2 is 1.79 bits per heavy atom. The predicted octanol–water partition coefficient (Wildman–Crippen LogP) is 4.90. The first-order chi connectivity index (χ1) is 13.7. The molecule has 0 unspecified atom stereocenters. The van der Waals surface area contributed by atoms with Gasteiger partial charge in [-0.05, 0) is 49.4 Å². The number of fused-ring (bicyclic) bond motifs is 1. The van der Waals surface area contributed by atoms with Gasteiger partial charge in [-0.3, -0.25) is 4.79 Å². The molecular weight excluding hydrogens is 372 g/mol. The molecule has 1 atom stereocenters. The number of hydrogen-bond donors (Lipinski definition) is 1. The number of carbonyl (C=O) groups excluding carboxylic acids is 1. The van der Waals surface area contributed by atoms with Crippen LogP contribution in [0.25, 0.3) is 5.69 Å². The number of amides is 1. The smallest absolute Gasteiger partial charge is 0.257 e. The van der Waals surface area contributed by atoms with E-state index in [1.165, 1.54) is 6.07 Å². The molecule has 6 heteroatoms. The molecule has 0 aliphatic heterocycles. The molecule has 0 fully saturated rings. The van der Waals surface area contributed by atoms with E-state index in [-0.39, 0.29) is 11.5 Å². The van der Waals surface area contributed by atoms with Crippen LogP contribution < -0.4 is 5.32 Å². The summed E-state index contributed by atoms with van der Waals surface area (Å²) in [4.78, 5) is 12.7. The highest BCUT2D eigenvalue weighted by Gasteiger charge is 2.36. The first-order valence-electron chi connectivity index (χ1n) is 9.64. The standard InChI is InChI=1S/C23H23F2N3O/c1-14-7-9-15(10-8-14)28-20-12-23(2,3)11-19(16(20)13-26-28)27-22(29)21-17(24)5-4-6-18(21)25/h4-10,13,19H,11-12H2,1-3H3,(H,27,29)/t19-/m1/s1. The summed E-state index contributed by atoms with van der Waals surface area (Å²) in [5, 5.41) is 7.38. The van der Waals surface area contributed by atoms with Gasteiger partial charge in [0.25, 0.3) is 5.91 Å². The molecule has 0 saturated carbocycles. The number of nitrogens with zero attached hydrogens (tertiary/aromatic N) is 2. The van der Waals surface area contributed by atoms with Gasteiger partial charge >= 0.3 is 0 Å². The summed E-state index contributed by atoms with van der Waals surface area (Å²) in [6, 6.07) is 11.1. The fourth-order valence-electron chi connectivity index (χ4n) is 4.02. The average Bonchev–Trinajstić information content (AvgIpc) is 3.05. The van der Waals surface area contributed by atoms with Crippen LogP contribution in [-0.2, 0) is 6.42 Å². The van der Waals surface area contributed by atoms with Crippen LogP contribution in [0.5, 0.6) is 0 Å².